The number of fused-ring (bicyclic) bond motifs is 1. The average molecular weight is 274 g/mol. The van der Waals surface area contributed by atoms with E-state index >= 15 is 0 Å². The molecule has 3 nitrogen and oxygen atoms in total. The minimum atomic E-state index is 0.147. The standard InChI is InChI=1S/C17H26N2O/c1-12(2)11-19-17(20)8-9-18-16-7-6-14-5-4-13(3)10-15(14)16/h4-5,10,12,16,18H,6-9,11H2,1-3H3,(H,19,20). The number of carbonyl (C=O) groups excluding carboxylic acids is 1. The second-order valence-corrected chi connectivity index (χ2v) is 6.20. The molecule has 2 rings (SSSR count). The van der Waals surface area contributed by atoms with Gasteiger partial charge < -0.3 is 10.6 Å². The van der Waals surface area contributed by atoms with Gasteiger partial charge >= 0.3 is 0 Å². The van der Waals surface area contributed by atoms with Crippen molar-refractivity contribution in [3.05, 3.63) is 34.9 Å². The molecule has 0 fully saturated rings. The molecule has 3 heteroatoms. The van der Waals surface area contributed by atoms with E-state index in [0.717, 1.165) is 25.9 Å². The van der Waals surface area contributed by atoms with Crippen molar-refractivity contribution in [3.8, 4) is 0 Å². The molecule has 1 aliphatic carbocycles. The zero-order chi connectivity index (χ0) is 14.5. The molecule has 0 aliphatic heterocycles. The molecule has 0 saturated heterocycles. The Hall–Kier alpha value is -1.35. The van der Waals surface area contributed by atoms with Crippen LogP contribution in [0.15, 0.2) is 18.2 Å². The van der Waals surface area contributed by atoms with E-state index in [1.807, 2.05) is 0 Å². The molecular weight excluding hydrogens is 248 g/mol. The van der Waals surface area contributed by atoms with E-state index in [9.17, 15) is 4.79 Å². The number of nitrogens with one attached hydrogen (secondary N) is 2. The van der Waals surface area contributed by atoms with E-state index in [1.54, 1.807) is 0 Å². The van der Waals surface area contributed by atoms with Crippen LogP contribution in [0, 0.1) is 12.8 Å². The number of aryl methyl sites for hydroxylation is 2. The lowest BCUT2D eigenvalue weighted by atomic mass is 10.1. The summed E-state index contributed by atoms with van der Waals surface area (Å²) in [4.78, 5) is 11.7. The monoisotopic (exact) mass is 274 g/mol. The smallest absolute Gasteiger partial charge is 0.221 e. The number of hydrogen-bond acceptors (Lipinski definition) is 2. The molecule has 110 valence electrons. The first kappa shape index (κ1) is 15.0. The minimum Gasteiger partial charge on any atom is -0.356 e. The highest BCUT2D eigenvalue weighted by Crippen LogP contribution is 2.31. The van der Waals surface area contributed by atoms with E-state index in [-0.39, 0.29) is 5.91 Å². The fraction of sp³-hybridized carbons (Fsp3) is 0.588. The van der Waals surface area contributed by atoms with Crippen LogP contribution in [-0.4, -0.2) is 19.0 Å². The molecule has 2 N–H and O–H groups in total. The zero-order valence-corrected chi connectivity index (χ0v) is 12.8. The highest BCUT2D eigenvalue weighted by molar-refractivity contribution is 5.76. The van der Waals surface area contributed by atoms with Crippen molar-refractivity contribution in [1.29, 1.82) is 0 Å². The molecule has 1 aromatic carbocycles. The maximum atomic E-state index is 11.7. The Morgan fingerprint density at radius 1 is 1.40 bits per heavy atom. The van der Waals surface area contributed by atoms with Crippen LogP contribution in [0.3, 0.4) is 0 Å². The van der Waals surface area contributed by atoms with Gasteiger partial charge in [-0.1, -0.05) is 37.6 Å². The van der Waals surface area contributed by atoms with Gasteiger partial charge in [0.05, 0.1) is 0 Å². The summed E-state index contributed by atoms with van der Waals surface area (Å²) in [5.41, 5.74) is 4.19. The molecule has 1 atom stereocenters. The Kier molecular flexibility index (Phi) is 5.18. The molecule has 20 heavy (non-hydrogen) atoms. The van der Waals surface area contributed by atoms with Gasteiger partial charge in [0.25, 0.3) is 0 Å². The van der Waals surface area contributed by atoms with Crippen molar-refractivity contribution in [3.63, 3.8) is 0 Å². The lowest BCUT2D eigenvalue weighted by Crippen LogP contribution is -2.31. The molecule has 1 aromatic rings. The van der Waals surface area contributed by atoms with Gasteiger partial charge in [-0.15, -0.1) is 0 Å². The molecule has 0 aromatic heterocycles. The largest absolute Gasteiger partial charge is 0.356 e. The van der Waals surface area contributed by atoms with Crippen molar-refractivity contribution in [2.45, 2.75) is 46.1 Å². The van der Waals surface area contributed by atoms with Gasteiger partial charge in [0, 0.05) is 25.6 Å². The first-order valence-corrected chi connectivity index (χ1v) is 7.65. The highest BCUT2D eigenvalue weighted by Gasteiger charge is 2.21. The van der Waals surface area contributed by atoms with Gasteiger partial charge in [-0.2, -0.15) is 0 Å². The summed E-state index contributed by atoms with van der Waals surface area (Å²) in [6.07, 6.45) is 2.85. The Morgan fingerprint density at radius 3 is 2.95 bits per heavy atom. The van der Waals surface area contributed by atoms with Crippen molar-refractivity contribution in [2.75, 3.05) is 13.1 Å². The lowest BCUT2D eigenvalue weighted by Gasteiger charge is -2.14. The third-order valence-corrected chi connectivity index (χ3v) is 3.83. The third-order valence-electron chi connectivity index (χ3n) is 3.83. The fourth-order valence-electron chi connectivity index (χ4n) is 2.70. The number of hydrogen-bond donors (Lipinski definition) is 2. The topological polar surface area (TPSA) is 41.1 Å². The molecule has 1 amide bonds. The van der Waals surface area contributed by atoms with Gasteiger partial charge in [0.1, 0.15) is 0 Å². The second-order valence-electron chi connectivity index (χ2n) is 6.20. The minimum absolute atomic E-state index is 0.147. The number of benzene rings is 1. The summed E-state index contributed by atoms with van der Waals surface area (Å²) >= 11 is 0. The Morgan fingerprint density at radius 2 is 2.20 bits per heavy atom. The summed E-state index contributed by atoms with van der Waals surface area (Å²) in [5.74, 6) is 0.658. The maximum Gasteiger partial charge on any atom is 0.221 e. The highest BCUT2D eigenvalue weighted by atomic mass is 16.1. The molecule has 1 aliphatic rings. The summed E-state index contributed by atoms with van der Waals surface area (Å²) in [6.45, 7) is 7.87. The van der Waals surface area contributed by atoms with E-state index in [1.165, 1.54) is 16.7 Å². The van der Waals surface area contributed by atoms with Crippen LogP contribution in [0.25, 0.3) is 0 Å². The van der Waals surface area contributed by atoms with Gasteiger partial charge in [0.15, 0.2) is 0 Å². The molecule has 0 saturated carbocycles. The van der Waals surface area contributed by atoms with Crippen molar-refractivity contribution >= 4 is 5.91 Å². The number of rotatable bonds is 6. The van der Waals surface area contributed by atoms with Crippen molar-refractivity contribution < 1.29 is 4.79 Å². The van der Waals surface area contributed by atoms with E-state index in [2.05, 4.69) is 49.6 Å². The van der Waals surface area contributed by atoms with Gasteiger partial charge in [-0.25, -0.2) is 0 Å². The number of amides is 1. The molecule has 0 spiro atoms. The summed E-state index contributed by atoms with van der Waals surface area (Å²) < 4.78 is 0. The van der Waals surface area contributed by atoms with Crippen LogP contribution >= 0.6 is 0 Å². The van der Waals surface area contributed by atoms with Crippen molar-refractivity contribution in [2.24, 2.45) is 5.92 Å². The summed E-state index contributed by atoms with van der Waals surface area (Å²) in [7, 11) is 0. The van der Waals surface area contributed by atoms with Crippen LogP contribution in [0.4, 0.5) is 0 Å². The predicted molar refractivity (Wildman–Crippen MR) is 82.7 cm³/mol. The van der Waals surface area contributed by atoms with Gasteiger partial charge in [-0.3, -0.25) is 4.79 Å². The lowest BCUT2D eigenvalue weighted by molar-refractivity contribution is -0.121. The van der Waals surface area contributed by atoms with Crippen LogP contribution in [0.5, 0.6) is 0 Å². The Bertz CT molecular complexity index is 468. The fourth-order valence-corrected chi connectivity index (χ4v) is 2.70. The van der Waals surface area contributed by atoms with E-state index in [4.69, 9.17) is 0 Å². The molecule has 0 bridgehead atoms. The van der Waals surface area contributed by atoms with E-state index in [0.29, 0.717) is 18.4 Å². The van der Waals surface area contributed by atoms with Crippen molar-refractivity contribution in [1.82, 2.24) is 10.6 Å². The average Bonchev–Trinajstić information content (AvgIpc) is 2.79. The Balaban J connectivity index is 1.76. The predicted octanol–water partition coefficient (Wildman–Crippen LogP) is 2.73. The molecule has 1 unspecified atom stereocenters. The molecular formula is C17H26N2O. The normalized spacial score (nSPS) is 17.3. The maximum absolute atomic E-state index is 11.7. The first-order valence-electron chi connectivity index (χ1n) is 7.65. The van der Waals surface area contributed by atoms with Crippen LogP contribution in [-0.2, 0) is 11.2 Å². The Labute approximate surface area is 122 Å². The zero-order valence-electron chi connectivity index (χ0n) is 12.8. The second kappa shape index (κ2) is 6.89. The van der Waals surface area contributed by atoms with Crippen LogP contribution in [0.2, 0.25) is 0 Å². The quantitative estimate of drug-likeness (QED) is 0.837. The third kappa shape index (κ3) is 4.07. The number of carbonyl (C=O) groups is 1. The SMILES string of the molecule is Cc1ccc2c(c1)C(NCCC(=O)NCC(C)C)CC2. The van der Waals surface area contributed by atoms with E-state index < -0.39 is 0 Å². The summed E-state index contributed by atoms with van der Waals surface area (Å²) in [5, 5.41) is 6.48. The van der Waals surface area contributed by atoms with Gasteiger partial charge in [0.2, 0.25) is 5.91 Å². The molecule has 0 radical (unpaired) electrons. The summed E-state index contributed by atoms with van der Waals surface area (Å²) in [6, 6.07) is 7.11. The van der Waals surface area contributed by atoms with Gasteiger partial charge in [-0.05, 0) is 36.8 Å². The van der Waals surface area contributed by atoms with Crippen LogP contribution in [0.1, 0.15) is 49.4 Å². The first-order chi connectivity index (χ1) is 9.56. The molecule has 0 heterocycles. The van der Waals surface area contributed by atoms with Crippen LogP contribution < -0.4 is 10.6 Å².